The Hall–Kier alpha value is -1.98. The molecule has 1 aliphatic rings. The zero-order valence-electron chi connectivity index (χ0n) is 11.4. The summed E-state index contributed by atoms with van der Waals surface area (Å²) in [7, 11) is 0. The van der Waals surface area contributed by atoms with Gasteiger partial charge >= 0.3 is 5.97 Å². The van der Waals surface area contributed by atoms with E-state index in [1.165, 1.54) is 11.3 Å². The van der Waals surface area contributed by atoms with Gasteiger partial charge in [-0.1, -0.05) is 30.3 Å². The lowest BCUT2D eigenvalue weighted by atomic mass is 9.82. The van der Waals surface area contributed by atoms with Crippen molar-refractivity contribution in [1.29, 1.82) is 0 Å². The van der Waals surface area contributed by atoms with Crippen molar-refractivity contribution < 1.29 is 19.4 Å². The third kappa shape index (κ3) is 1.92. The molecule has 1 aliphatic carbocycles. The second-order valence-corrected chi connectivity index (χ2v) is 5.78. The molecule has 5 heteroatoms. The molecular formula is C16H14O4S. The Balaban J connectivity index is 2.17. The van der Waals surface area contributed by atoms with Crippen LogP contribution in [0.2, 0.25) is 0 Å². The lowest BCUT2D eigenvalue weighted by molar-refractivity contribution is -0.160. The van der Waals surface area contributed by atoms with E-state index in [1.807, 2.05) is 18.2 Å². The highest BCUT2D eigenvalue weighted by Crippen LogP contribution is 2.47. The van der Waals surface area contributed by atoms with Crippen LogP contribution >= 0.6 is 11.3 Å². The number of Topliss-reactive ketones (excluding diaryl/α,β-unsaturated/α-hetero) is 1. The summed E-state index contributed by atoms with van der Waals surface area (Å²) in [6.07, 6.45) is 0. The average molecular weight is 302 g/mol. The smallest absolute Gasteiger partial charge is 0.347 e. The Morgan fingerprint density at radius 2 is 2.05 bits per heavy atom. The number of rotatable bonds is 3. The molecule has 0 radical (unpaired) electrons. The maximum atomic E-state index is 12.5. The van der Waals surface area contributed by atoms with Crippen molar-refractivity contribution in [2.75, 3.05) is 6.61 Å². The molecule has 1 aromatic heterocycles. The second kappa shape index (κ2) is 5.09. The van der Waals surface area contributed by atoms with Gasteiger partial charge in [0.25, 0.3) is 0 Å². The Morgan fingerprint density at radius 1 is 1.33 bits per heavy atom. The number of benzene rings is 1. The minimum Gasteiger partial charge on any atom is -0.463 e. The van der Waals surface area contributed by atoms with Crippen molar-refractivity contribution in [2.24, 2.45) is 0 Å². The molecule has 4 nitrogen and oxygen atoms in total. The summed E-state index contributed by atoms with van der Waals surface area (Å²) < 4.78 is 4.95. The van der Waals surface area contributed by atoms with Crippen LogP contribution < -0.4 is 0 Å². The number of hydrogen-bond acceptors (Lipinski definition) is 5. The summed E-state index contributed by atoms with van der Waals surface area (Å²) in [5.74, 6) is -2.17. The first-order chi connectivity index (χ1) is 10.1. The van der Waals surface area contributed by atoms with E-state index in [2.05, 4.69) is 0 Å². The van der Waals surface area contributed by atoms with Gasteiger partial charge in [-0.2, -0.15) is 0 Å². The highest BCUT2D eigenvalue weighted by atomic mass is 32.1. The normalized spacial score (nSPS) is 23.9. The molecule has 0 spiro atoms. The molecule has 2 atom stereocenters. The molecule has 0 fully saturated rings. The summed E-state index contributed by atoms with van der Waals surface area (Å²) in [5, 5.41) is 12.7. The molecule has 1 aromatic carbocycles. The molecule has 3 rings (SSSR count). The summed E-state index contributed by atoms with van der Waals surface area (Å²) in [6, 6.07) is 10.9. The van der Waals surface area contributed by atoms with E-state index in [4.69, 9.17) is 4.74 Å². The number of thiophene rings is 1. The van der Waals surface area contributed by atoms with Gasteiger partial charge in [-0.05, 0) is 29.5 Å². The van der Waals surface area contributed by atoms with Crippen molar-refractivity contribution in [3.63, 3.8) is 0 Å². The Morgan fingerprint density at radius 3 is 2.71 bits per heavy atom. The summed E-state index contributed by atoms with van der Waals surface area (Å²) >= 11 is 1.24. The van der Waals surface area contributed by atoms with Gasteiger partial charge < -0.3 is 9.84 Å². The van der Waals surface area contributed by atoms with Gasteiger partial charge in [0.05, 0.1) is 17.4 Å². The van der Waals surface area contributed by atoms with E-state index in [1.54, 1.807) is 30.5 Å². The molecular weight excluding hydrogens is 288 g/mol. The second-order valence-electron chi connectivity index (χ2n) is 4.86. The van der Waals surface area contributed by atoms with Crippen molar-refractivity contribution in [2.45, 2.75) is 18.4 Å². The standard InChI is InChI=1S/C16H14O4S/c1-2-20-15(18)16(19)12(10-6-4-3-5-7-10)11-8-9-21-13(11)14(16)17/h3-9,12,19H,2H2,1H3/t12-,16+/m1/s1. The number of esters is 1. The molecule has 0 bridgehead atoms. The van der Waals surface area contributed by atoms with Gasteiger partial charge in [-0.3, -0.25) is 4.79 Å². The van der Waals surface area contributed by atoms with E-state index < -0.39 is 23.3 Å². The van der Waals surface area contributed by atoms with Gasteiger partial charge in [-0.25, -0.2) is 4.79 Å². The van der Waals surface area contributed by atoms with Crippen LogP contribution in [0.5, 0.6) is 0 Å². The molecule has 2 aromatic rings. The summed E-state index contributed by atoms with van der Waals surface area (Å²) in [5.41, 5.74) is -0.759. The third-order valence-electron chi connectivity index (χ3n) is 3.70. The minimum absolute atomic E-state index is 0.115. The van der Waals surface area contributed by atoms with Crippen LogP contribution in [-0.4, -0.2) is 29.1 Å². The fourth-order valence-corrected chi connectivity index (χ4v) is 3.71. The molecule has 0 amide bonds. The van der Waals surface area contributed by atoms with E-state index in [9.17, 15) is 14.7 Å². The fraction of sp³-hybridized carbons (Fsp3) is 0.250. The van der Waals surface area contributed by atoms with Crippen molar-refractivity contribution in [3.8, 4) is 0 Å². The van der Waals surface area contributed by atoms with Crippen LogP contribution in [0.3, 0.4) is 0 Å². The molecule has 0 aliphatic heterocycles. The van der Waals surface area contributed by atoms with Gasteiger partial charge in [-0.15, -0.1) is 11.3 Å². The number of aliphatic hydroxyl groups is 1. The highest BCUT2D eigenvalue weighted by molar-refractivity contribution is 7.12. The molecule has 1 N–H and O–H groups in total. The maximum Gasteiger partial charge on any atom is 0.347 e. The van der Waals surface area contributed by atoms with Crippen LogP contribution in [0.1, 0.15) is 33.6 Å². The predicted molar refractivity (Wildman–Crippen MR) is 78.5 cm³/mol. The lowest BCUT2D eigenvalue weighted by Crippen LogP contribution is -2.49. The predicted octanol–water partition coefficient (Wildman–Crippen LogP) is 2.37. The molecule has 108 valence electrons. The summed E-state index contributed by atoms with van der Waals surface area (Å²) in [6.45, 7) is 1.76. The zero-order valence-corrected chi connectivity index (χ0v) is 12.2. The van der Waals surface area contributed by atoms with Gasteiger partial charge in [0.15, 0.2) is 0 Å². The molecule has 0 saturated carbocycles. The monoisotopic (exact) mass is 302 g/mol. The van der Waals surface area contributed by atoms with Crippen LogP contribution in [-0.2, 0) is 9.53 Å². The summed E-state index contributed by atoms with van der Waals surface area (Å²) in [4.78, 5) is 25.2. The first-order valence-corrected chi connectivity index (χ1v) is 7.55. The third-order valence-corrected chi connectivity index (χ3v) is 4.63. The first kappa shape index (κ1) is 14.0. The van der Waals surface area contributed by atoms with Crippen LogP contribution in [0, 0.1) is 0 Å². The quantitative estimate of drug-likeness (QED) is 0.698. The van der Waals surface area contributed by atoms with Crippen molar-refractivity contribution in [3.05, 3.63) is 57.8 Å². The van der Waals surface area contributed by atoms with Crippen LogP contribution in [0.25, 0.3) is 0 Å². The number of hydrogen-bond donors (Lipinski definition) is 1. The van der Waals surface area contributed by atoms with Gasteiger partial charge in [0.2, 0.25) is 11.4 Å². The number of carbonyl (C=O) groups is 2. The highest BCUT2D eigenvalue weighted by Gasteiger charge is 2.59. The van der Waals surface area contributed by atoms with Crippen LogP contribution in [0.4, 0.5) is 0 Å². The van der Waals surface area contributed by atoms with E-state index >= 15 is 0 Å². The fourth-order valence-electron chi connectivity index (χ4n) is 2.78. The first-order valence-electron chi connectivity index (χ1n) is 6.67. The lowest BCUT2D eigenvalue weighted by Gasteiger charge is -2.27. The Labute approximate surface area is 126 Å². The van der Waals surface area contributed by atoms with Crippen molar-refractivity contribution in [1.82, 2.24) is 0 Å². The number of ether oxygens (including phenoxy) is 1. The average Bonchev–Trinajstić information content (AvgIpc) is 3.03. The van der Waals surface area contributed by atoms with E-state index in [0.717, 1.165) is 5.56 Å². The largest absolute Gasteiger partial charge is 0.463 e. The SMILES string of the molecule is CCOC(=O)[C@@]1(O)C(=O)c2sccc2[C@H]1c1ccccc1. The van der Waals surface area contributed by atoms with Crippen molar-refractivity contribution >= 4 is 23.1 Å². The zero-order chi connectivity index (χ0) is 15.0. The van der Waals surface area contributed by atoms with E-state index in [-0.39, 0.29) is 6.61 Å². The minimum atomic E-state index is -2.17. The Kier molecular flexibility index (Phi) is 3.39. The Bertz CT molecular complexity index is 691. The topological polar surface area (TPSA) is 63.6 Å². The molecule has 0 unspecified atom stereocenters. The van der Waals surface area contributed by atoms with Crippen LogP contribution in [0.15, 0.2) is 41.8 Å². The van der Waals surface area contributed by atoms with E-state index in [0.29, 0.717) is 10.4 Å². The van der Waals surface area contributed by atoms with Gasteiger partial charge in [0.1, 0.15) is 0 Å². The molecule has 21 heavy (non-hydrogen) atoms. The molecule has 1 heterocycles. The van der Waals surface area contributed by atoms with Gasteiger partial charge in [0, 0.05) is 0 Å². The maximum absolute atomic E-state index is 12.5. The number of fused-ring (bicyclic) bond motifs is 1. The molecule has 0 saturated heterocycles. The number of carbonyl (C=O) groups excluding carboxylic acids is 2. The number of ketones is 1.